The molecule has 0 saturated heterocycles. The standard InChI is InChI=1S/C14H28OS/c1-3-5-7-9-10-12-14(15)16-13-11-8-6-4-2/h3-13H2,1-2H3. The van der Waals surface area contributed by atoms with Crippen LogP contribution in [0.2, 0.25) is 0 Å². The number of hydrogen-bond donors (Lipinski definition) is 0. The Labute approximate surface area is 106 Å². The molecule has 0 fully saturated rings. The summed E-state index contributed by atoms with van der Waals surface area (Å²) in [5.41, 5.74) is 0. The summed E-state index contributed by atoms with van der Waals surface area (Å²) in [6.45, 7) is 4.44. The molecule has 0 amide bonds. The van der Waals surface area contributed by atoms with Gasteiger partial charge in [-0.1, -0.05) is 70.6 Å². The predicted octanol–water partition coefficient (Wildman–Crippen LogP) is 5.19. The van der Waals surface area contributed by atoms with Crippen molar-refractivity contribution in [2.45, 2.75) is 78.1 Å². The quantitative estimate of drug-likeness (QED) is 0.465. The fourth-order valence-corrected chi connectivity index (χ4v) is 2.52. The van der Waals surface area contributed by atoms with Crippen LogP contribution in [0.1, 0.15) is 78.1 Å². The van der Waals surface area contributed by atoms with Crippen LogP contribution >= 0.6 is 11.8 Å². The van der Waals surface area contributed by atoms with Gasteiger partial charge in [-0.3, -0.25) is 4.79 Å². The average Bonchev–Trinajstić information content (AvgIpc) is 2.28. The molecule has 0 N–H and O–H groups in total. The Morgan fingerprint density at radius 2 is 1.38 bits per heavy atom. The van der Waals surface area contributed by atoms with Crippen LogP contribution in [0, 0.1) is 0 Å². The maximum Gasteiger partial charge on any atom is 0.188 e. The molecule has 0 radical (unpaired) electrons. The zero-order valence-corrected chi connectivity index (χ0v) is 11.9. The van der Waals surface area contributed by atoms with E-state index in [0.29, 0.717) is 5.12 Å². The summed E-state index contributed by atoms with van der Waals surface area (Å²) in [5.74, 6) is 1.04. The van der Waals surface area contributed by atoms with Crippen molar-refractivity contribution in [1.29, 1.82) is 0 Å². The normalized spacial score (nSPS) is 10.6. The molecule has 0 aromatic rings. The van der Waals surface area contributed by atoms with Gasteiger partial charge in [-0.25, -0.2) is 0 Å². The van der Waals surface area contributed by atoms with Crippen LogP contribution < -0.4 is 0 Å². The Hall–Kier alpha value is 0.0200. The van der Waals surface area contributed by atoms with E-state index in [2.05, 4.69) is 13.8 Å². The van der Waals surface area contributed by atoms with Crippen LogP contribution in [-0.2, 0) is 4.79 Å². The van der Waals surface area contributed by atoms with Crippen molar-refractivity contribution < 1.29 is 4.79 Å². The molecule has 2 heteroatoms. The number of hydrogen-bond acceptors (Lipinski definition) is 2. The van der Waals surface area contributed by atoms with E-state index in [0.717, 1.165) is 18.6 Å². The first-order chi connectivity index (χ1) is 7.81. The first-order valence-corrected chi connectivity index (χ1v) is 7.95. The minimum Gasteiger partial charge on any atom is -0.287 e. The number of carbonyl (C=O) groups excluding carboxylic acids is 1. The largest absolute Gasteiger partial charge is 0.287 e. The highest BCUT2D eigenvalue weighted by atomic mass is 32.2. The van der Waals surface area contributed by atoms with Crippen molar-refractivity contribution in [3.05, 3.63) is 0 Å². The Morgan fingerprint density at radius 3 is 2.00 bits per heavy atom. The van der Waals surface area contributed by atoms with Crippen molar-refractivity contribution in [3.63, 3.8) is 0 Å². The van der Waals surface area contributed by atoms with E-state index in [1.807, 2.05) is 0 Å². The van der Waals surface area contributed by atoms with Gasteiger partial charge in [-0.05, 0) is 12.8 Å². The van der Waals surface area contributed by atoms with Crippen LogP contribution in [0.4, 0.5) is 0 Å². The van der Waals surface area contributed by atoms with Crippen LogP contribution in [0.3, 0.4) is 0 Å². The van der Waals surface area contributed by atoms with Gasteiger partial charge in [-0.2, -0.15) is 0 Å². The number of thioether (sulfide) groups is 1. The second-order valence-corrected chi connectivity index (χ2v) is 5.60. The van der Waals surface area contributed by atoms with Gasteiger partial charge in [0.25, 0.3) is 0 Å². The topological polar surface area (TPSA) is 17.1 Å². The molecule has 0 spiro atoms. The molecule has 0 heterocycles. The highest BCUT2D eigenvalue weighted by Gasteiger charge is 2.01. The first kappa shape index (κ1) is 16.0. The van der Waals surface area contributed by atoms with Crippen molar-refractivity contribution in [2.75, 3.05) is 5.75 Å². The highest BCUT2D eigenvalue weighted by molar-refractivity contribution is 8.13. The summed E-state index contributed by atoms with van der Waals surface area (Å²) in [6.07, 6.45) is 12.1. The molecule has 16 heavy (non-hydrogen) atoms. The molecule has 96 valence electrons. The Kier molecular flexibility index (Phi) is 13.1. The van der Waals surface area contributed by atoms with Gasteiger partial charge in [0.05, 0.1) is 0 Å². The van der Waals surface area contributed by atoms with Gasteiger partial charge in [0.15, 0.2) is 5.12 Å². The third-order valence-corrected chi connectivity index (χ3v) is 3.76. The van der Waals surface area contributed by atoms with Crippen LogP contribution in [0.25, 0.3) is 0 Å². The minimum absolute atomic E-state index is 0.410. The Morgan fingerprint density at radius 1 is 0.812 bits per heavy atom. The summed E-state index contributed by atoms with van der Waals surface area (Å²) >= 11 is 1.55. The lowest BCUT2D eigenvalue weighted by Gasteiger charge is -2.01. The Balaban J connectivity index is 3.12. The van der Waals surface area contributed by atoms with Crippen LogP contribution in [0.15, 0.2) is 0 Å². The van der Waals surface area contributed by atoms with E-state index in [4.69, 9.17) is 0 Å². The molecule has 0 atom stereocenters. The van der Waals surface area contributed by atoms with Crippen LogP contribution in [0.5, 0.6) is 0 Å². The Bertz CT molecular complexity index is 141. The van der Waals surface area contributed by atoms with Gasteiger partial charge in [0, 0.05) is 12.2 Å². The molecule has 0 aromatic carbocycles. The lowest BCUT2D eigenvalue weighted by atomic mass is 10.1. The van der Waals surface area contributed by atoms with E-state index in [-0.39, 0.29) is 0 Å². The number of unbranched alkanes of at least 4 members (excludes halogenated alkanes) is 7. The van der Waals surface area contributed by atoms with Crippen molar-refractivity contribution in [1.82, 2.24) is 0 Å². The summed E-state index contributed by atoms with van der Waals surface area (Å²) < 4.78 is 0. The van der Waals surface area contributed by atoms with Gasteiger partial charge in [0.1, 0.15) is 0 Å². The maximum atomic E-state index is 11.5. The van der Waals surface area contributed by atoms with Gasteiger partial charge in [0.2, 0.25) is 0 Å². The number of carbonyl (C=O) groups is 1. The summed E-state index contributed by atoms with van der Waals surface area (Å²) in [4.78, 5) is 11.5. The van der Waals surface area contributed by atoms with Gasteiger partial charge < -0.3 is 0 Å². The SMILES string of the molecule is CCCCCCCC(=O)SCCCCCC. The monoisotopic (exact) mass is 244 g/mol. The van der Waals surface area contributed by atoms with E-state index in [9.17, 15) is 4.79 Å². The zero-order valence-electron chi connectivity index (χ0n) is 11.1. The zero-order chi connectivity index (χ0) is 12.1. The summed E-state index contributed by atoms with van der Waals surface area (Å²) in [6, 6.07) is 0. The second kappa shape index (κ2) is 13.1. The molecular formula is C14H28OS. The third-order valence-electron chi connectivity index (χ3n) is 2.75. The molecule has 1 nitrogen and oxygen atoms in total. The van der Waals surface area contributed by atoms with Crippen LogP contribution in [-0.4, -0.2) is 10.9 Å². The first-order valence-electron chi connectivity index (χ1n) is 6.96. The second-order valence-electron chi connectivity index (χ2n) is 4.45. The molecular weight excluding hydrogens is 216 g/mol. The molecule has 0 aliphatic rings. The molecule has 0 aliphatic heterocycles. The molecule has 0 bridgehead atoms. The summed E-state index contributed by atoms with van der Waals surface area (Å²) in [7, 11) is 0. The summed E-state index contributed by atoms with van der Waals surface area (Å²) in [5, 5.41) is 0.410. The molecule has 0 rings (SSSR count). The lowest BCUT2D eigenvalue weighted by molar-refractivity contribution is -0.111. The van der Waals surface area contributed by atoms with E-state index < -0.39 is 0 Å². The lowest BCUT2D eigenvalue weighted by Crippen LogP contribution is -1.94. The molecule has 0 aromatic heterocycles. The molecule has 0 saturated carbocycles. The maximum absolute atomic E-state index is 11.5. The fraction of sp³-hybridized carbons (Fsp3) is 0.929. The predicted molar refractivity (Wildman–Crippen MR) is 75.0 cm³/mol. The van der Waals surface area contributed by atoms with Crippen molar-refractivity contribution in [2.24, 2.45) is 0 Å². The molecule has 0 aliphatic carbocycles. The number of rotatable bonds is 11. The van der Waals surface area contributed by atoms with Gasteiger partial charge >= 0.3 is 0 Å². The van der Waals surface area contributed by atoms with E-state index in [1.54, 1.807) is 11.8 Å². The van der Waals surface area contributed by atoms with E-state index >= 15 is 0 Å². The average molecular weight is 244 g/mol. The van der Waals surface area contributed by atoms with Crippen molar-refractivity contribution in [3.8, 4) is 0 Å². The van der Waals surface area contributed by atoms with Gasteiger partial charge in [-0.15, -0.1) is 0 Å². The third kappa shape index (κ3) is 12.1. The minimum atomic E-state index is 0.410. The smallest absolute Gasteiger partial charge is 0.188 e. The molecule has 0 unspecified atom stereocenters. The highest BCUT2D eigenvalue weighted by Crippen LogP contribution is 2.13. The van der Waals surface area contributed by atoms with E-state index in [1.165, 1.54) is 51.4 Å². The fourth-order valence-electron chi connectivity index (χ4n) is 1.66. The van der Waals surface area contributed by atoms with Crippen molar-refractivity contribution >= 4 is 16.9 Å².